The Bertz CT molecular complexity index is 549. The number of carbonyl (C=O) groups excluding carboxylic acids is 1. The normalized spacial score (nSPS) is 9.88. The summed E-state index contributed by atoms with van der Waals surface area (Å²) in [4.78, 5) is 28.7. The summed E-state index contributed by atoms with van der Waals surface area (Å²) in [6.07, 6.45) is 2.96. The van der Waals surface area contributed by atoms with Crippen molar-refractivity contribution in [1.82, 2.24) is 9.97 Å². The molecule has 86 valence electrons. The predicted octanol–water partition coefficient (Wildman–Crippen LogP) is 1.36. The minimum atomic E-state index is -1.14. The summed E-state index contributed by atoms with van der Waals surface area (Å²) in [5.41, 5.74) is 0.671. The molecular weight excluding hydrogens is 222 g/mol. The molecule has 2 aromatic rings. The first-order valence-electron chi connectivity index (χ1n) is 4.81. The maximum absolute atomic E-state index is 11.6. The number of H-pyrrole nitrogens is 1. The number of hydrogen-bond donors (Lipinski definition) is 3. The summed E-state index contributed by atoms with van der Waals surface area (Å²) < 4.78 is 0. The second kappa shape index (κ2) is 4.48. The van der Waals surface area contributed by atoms with E-state index in [0.717, 1.165) is 0 Å². The summed E-state index contributed by atoms with van der Waals surface area (Å²) in [6.45, 7) is 0. The van der Waals surface area contributed by atoms with Gasteiger partial charge in [0.15, 0.2) is 0 Å². The number of aromatic carboxylic acids is 1. The number of rotatable bonds is 3. The molecule has 6 nitrogen and oxygen atoms in total. The molecule has 0 saturated heterocycles. The Hall–Kier alpha value is -2.63. The molecule has 0 bridgehead atoms. The number of nitrogens with one attached hydrogen (secondary N) is 2. The van der Waals surface area contributed by atoms with E-state index in [1.54, 1.807) is 18.3 Å². The van der Waals surface area contributed by atoms with Crippen molar-refractivity contribution < 1.29 is 14.7 Å². The molecule has 3 N–H and O–H groups in total. The molecule has 0 atom stereocenters. The van der Waals surface area contributed by atoms with Gasteiger partial charge in [0.1, 0.15) is 11.4 Å². The Balaban J connectivity index is 2.16. The van der Waals surface area contributed by atoms with Crippen LogP contribution in [0.5, 0.6) is 0 Å². The van der Waals surface area contributed by atoms with E-state index < -0.39 is 5.97 Å². The van der Waals surface area contributed by atoms with Crippen molar-refractivity contribution in [3.63, 3.8) is 0 Å². The summed E-state index contributed by atoms with van der Waals surface area (Å²) in [5.74, 6) is -1.47. The largest absolute Gasteiger partial charge is 0.477 e. The summed E-state index contributed by atoms with van der Waals surface area (Å²) in [6, 6.07) is 6.13. The molecule has 0 aliphatic rings. The fourth-order valence-corrected chi connectivity index (χ4v) is 1.30. The minimum Gasteiger partial charge on any atom is -0.477 e. The van der Waals surface area contributed by atoms with Gasteiger partial charge in [-0.1, -0.05) is 0 Å². The SMILES string of the molecule is O=C(O)c1cc(NC(=O)c2ccc[nH]2)ccn1. The summed E-state index contributed by atoms with van der Waals surface area (Å²) >= 11 is 0. The van der Waals surface area contributed by atoms with E-state index in [-0.39, 0.29) is 11.6 Å². The van der Waals surface area contributed by atoms with Crippen LogP contribution in [0.3, 0.4) is 0 Å². The molecule has 2 heterocycles. The number of carboxylic acids is 1. The third-order valence-electron chi connectivity index (χ3n) is 2.08. The Morgan fingerprint density at radius 1 is 1.35 bits per heavy atom. The highest BCUT2D eigenvalue weighted by molar-refractivity contribution is 6.03. The molecular formula is C11H9N3O3. The number of amides is 1. The fourth-order valence-electron chi connectivity index (χ4n) is 1.30. The third kappa shape index (κ3) is 2.49. The van der Waals surface area contributed by atoms with Crippen LogP contribution in [0.15, 0.2) is 36.7 Å². The van der Waals surface area contributed by atoms with E-state index in [2.05, 4.69) is 15.3 Å². The lowest BCUT2D eigenvalue weighted by Gasteiger charge is -2.03. The Morgan fingerprint density at radius 3 is 2.82 bits per heavy atom. The highest BCUT2D eigenvalue weighted by Crippen LogP contribution is 2.09. The van der Waals surface area contributed by atoms with E-state index >= 15 is 0 Å². The molecule has 0 unspecified atom stereocenters. The molecule has 1 amide bonds. The van der Waals surface area contributed by atoms with Gasteiger partial charge in [-0.2, -0.15) is 0 Å². The van der Waals surface area contributed by atoms with Crippen LogP contribution >= 0.6 is 0 Å². The number of pyridine rings is 1. The fraction of sp³-hybridized carbons (Fsp3) is 0. The smallest absolute Gasteiger partial charge is 0.354 e. The van der Waals surface area contributed by atoms with Crippen molar-refractivity contribution in [3.8, 4) is 0 Å². The standard InChI is InChI=1S/C11H9N3O3/c15-10(8-2-1-4-12-8)14-7-3-5-13-9(6-7)11(16)17/h1-6,12H,(H,16,17)(H,13,14,15). The zero-order chi connectivity index (χ0) is 12.3. The second-order valence-corrected chi connectivity index (χ2v) is 3.27. The lowest BCUT2D eigenvalue weighted by Crippen LogP contribution is -2.13. The zero-order valence-corrected chi connectivity index (χ0v) is 8.68. The molecule has 6 heteroatoms. The molecule has 2 rings (SSSR count). The van der Waals surface area contributed by atoms with Crippen LogP contribution in [-0.4, -0.2) is 27.0 Å². The molecule has 17 heavy (non-hydrogen) atoms. The quantitative estimate of drug-likeness (QED) is 0.743. The first-order chi connectivity index (χ1) is 8.16. The van der Waals surface area contributed by atoms with Crippen LogP contribution in [-0.2, 0) is 0 Å². The number of carbonyl (C=O) groups is 2. The number of hydrogen-bond acceptors (Lipinski definition) is 3. The maximum atomic E-state index is 11.6. The van der Waals surface area contributed by atoms with Crippen LogP contribution in [0.1, 0.15) is 21.0 Å². The topological polar surface area (TPSA) is 95.1 Å². The van der Waals surface area contributed by atoms with Crippen LogP contribution in [0.2, 0.25) is 0 Å². The monoisotopic (exact) mass is 231 g/mol. The van der Waals surface area contributed by atoms with Gasteiger partial charge in [-0.3, -0.25) is 4.79 Å². The lowest BCUT2D eigenvalue weighted by atomic mass is 10.3. The van der Waals surface area contributed by atoms with Crippen molar-refractivity contribution in [2.24, 2.45) is 0 Å². The number of anilines is 1. The molecule has 0 aliphatic heterocycles. The average Bonchev–Trinajstić information content (AvgIpc) is 2.82. The van der Waals surface area contributed by atoms with Crippen molar-refractivity contribution in [3.05, 3.63) is 48.0 Å². The van der Waals surface area contributed by atoms with Gasteiger partial charge in [0.05, 0.1) is 0 Å². The third-order valence-corrected chi connectivity index (χ3v) is 2.08. The van der Waals surface area contributed by atoms with Crippen molar-refractivity contribution in [2.45, 2.75) is 0 Å². The Morgan fingerprint density at radius 2 is 2.18 bits per heavy atom. The summed E-state index contributed by atoms with van der Waals surface area (Å²) in [5, 5.41) is 11.3. The van der Waals surface area contributed by atoms with E-state index in [9.17, 15) is 9.59 Å². The average molecular weight is 231 g/mol. The predicted molar refractivity (Wildman–Crippen MR) is 59.9 cm³/mol. The van der Waals surface area contributed by atoms with E-state index in [4.69, 9.17) is 5.11 Å². The minimum absolute atomic E-state index is 0.116. The number of aromatic nitrogens is 2. The van der Waals surface area contributed by atoms with Crippen LogP contribution < -0.4 is 5.32 Å². The van der Waals surface area contributed by atoms with Crippen molar-refractivity contribution in [2.75, 3.05) is 5.32 Å². The van der Waals surface area contributed by atoms with Gasteiger partial charge < -0.3 is 15.4 Å². The molecule has 0 fully saturated rings. The van der Waals surface area contributed by atoms with Crippen molar-refractivity contribution >= 4 is 17.6 Å². The first-order valence-corrected chi connectivity index (χ1v) is 4.81. The number of carboxylic acid groups (broad SMARTS) is 1. The van der Waals surface area contributed by atoms with Crippen LogP contribution in [0.4, 0.5) is 5.69 Å². The highest BCUT2D eigenvalue weighted by atomic mass is 16.4. The molecule has 2 aromatic heterocycles. The highest BCUT2D eigenvalue weighted by Gasteiger charge is 2.09. The van der Waals surface area contributed by atoms with Gasteiger partial charge in [-0.15, -0.1) is 0 Å². The van der Waals surface area contributed by atoms with E-state index in [1.807, 2.05) is 0 Å². The van der Waals surface area contributed by atoms with Gasteiger partial charge in [0.25, 0.3) is 5.91 Å². The van der Waals surface area contributed by atoms with Crippen LogP contribution in [0, 0.1) is 0 Å². The number of nitrogens with zero attached hydrogens (tertiary/aromatic N) is 1. The Labute approximate surface area is 96.3 Å². The first kappa shape index (κ1) is 10.9. The maximum Gasteiger partial charge on any atom is 0.354 e. The lowest BCUT2D eigenvalue weighted by molar-refractivity contribution is 0.0690. The van der Waals surface area contributed by atoms with Gasteiger partial charge in [-0.05, 0) is 24.3 Å². The summed E-state index contributed by atoms with van der Waals surface area (Å²) in [7, 11) is 0. The van der Waals surface area contributed by atoms with Gasteiger partial charge in [0, 0.05) is 18.1 Å². The van der Waals surface area contributed by atoms with Crippen molar-refractivity contribution in [1.29, 1.82) is 0 Å². The molecule has 0 spiro atoms. The van der Waals surface area contributed by atoms with E-state index in [0.29, 0.717) is 11.4 Å². The van der Waals surface area contributed by atoms with Gasteiger partial charge in [-0.25, -0.2) is 9.78 Å². The molecule has 0 aliphatic carbocycles. The second-order valence-electron chi connectivity index (χ2n) is 3.27. The van der Waals surface area contributed by atoms with Gasteiger partial charge in [0.2, 0.25) is 0 Å². The molecule has 0 aromatic carbocycles. The Kier molecular flexibility index (Phi) is 2.87. The zero-order valence-electron chi connectivity index (χ0n) is 8.68. The molecule has 0 radical (unpaired) electrons. The van der Waals surface area contributed by atoms with E-state index in [1.165, 1.54) is 18.3 Å². The number of aromatic amines is 1. The molecule has 0 saturated carbocycles. The van der Waals surface area contributed by atoms with Gasteiger partial charge >= 0.3 is 5.97 Å². The van der Waals surface area contributed by atoms with Crippen LogP contribution in [0.25, 0.3) is 0 Å².